The SMILES string of the molecule is CCOc1ccc(S(=O)(=O)N[C@H](Cc2ccccc2)C(=O)Nc2cc(Cl)c(Cl)cc2Cl)cc1Cl. The van der Waals surface area contributed by atoms with Gasteiger partial charge in [0.25, 0.3) is 0 Å². The van der Waals surface area contributed by atoms with Crippen molar-refractivity contribution in [2.24, 2.45) is 0 Å². The number of benzene rings is 3. The van der Waals surface area contributed by atoms with Crippen LogP contribution in [0.3, 0.4) is 0 Å². The molecule has 2 N–H and O–H groups in total. The minimum absolute atomic E-state index is 0.0790. The van der Waals surface area contributed by atoms with Crippen LogP contribution in [0.4, 0.5) is 5.69 Å². The number of hydrogen-bond acceptors (Lipinski definition) is 4. The zero-order valence-electron chi connectivity index (χ0n) is 17.8. The number of sulfonamides is 1. The van der Waals surface area contributed by atoms with E-state index in [1.165, 1.54) is 30.3 Å². The van der Waals surface area contributed by atoms with Gasteiger partial charge >= 0.3 is 0 Å². The van der Waals surface area contributed by atoms with E-state index in [-0.39, 0.29) is 37.1 Å². The molecule has 0 unspecified atom stereocenters. The van der Waals surface area contributed by atoms with Gasteiger partial charge in [-0.15, -0.1) is 0 Å². The standard InChI is InChI=1S/C23H20Cl4N2O4S/c1-2-33-22-9-8-15(11-19(22)27)34(31,32)29-21(10-14-6-4-3-5-7-14)23(30)28-20-13-17(25)16(24)12-18(20)26/h3-9,11-13,21,29H,2,10H2,1H3,(H,28,30)/t21-/m1/s1. The minimum atomic E-state index is -4.13. The second-order valence-corrected chi connectivity index (χ2v) is 10.5. The van der Waals surface area contributed by atoms with Crippen molar-refractivity contribution in [2.75, 3.05) is 11.9 Å². The Balaban J connectivity index is 1.90. The van der Waals surface area contributed by atoms with E-state index in [0.29, 0.717) is 12.4 Å². The molecule has 3 aromatic carbocycles. The molecule has 0 saturated heterocycles. The highest BCUT2D eigenvalue weighted by Gasteiger charge is 2.27. The third-order valence-electron chi connectivity index (χ3n) is 4.68. The molecule has 1 amide bonds. The van der Waals surface area contributed by atoms with E-state index in [0.717, 1.165) is 5.56 Å². The fourth-order valence-electron chi connectivity index (χ4n) is 3.05. The Kier molecular flexibility index (Phi) is 9.09. The predicted octanol–water partition coefficient (Wildman–Crippen LogP) is 6.23. The summed E-state index contributed by atoms with van der Waals surface area (Å²) < 4.78 is 34.1. The molecule has 0 aliphatic rings. The van der Waals surface area contributed by atoms with Crippen molar-refractivity contribution < 1.29 is 17.9 Å². The molecule has 0 heterocycles. The van der Waals surface area contributed by atoms with Crippen LogP contribution in [-0.4, -0.2) is 27.0 Å². The Labute approximate surface area is 218 Å². The van der Waals surface area contributed by atoms with Crippen molar-refractivity contribution in [3.05, 3.63) is 86.3 Å². The lowest BCUT2D eigenvalue weighted by molar-refractivity contribution is -0.117. The molecule has 0 aliphatic carbocycles. The van der Waals surface area contributed by atoms with Crippen molar-refractivity contribution in [3.63, 3.8) is 0 Å². The summed E-state index contributed by atoms with van der Waals surface area (Å²) in [5.41, 5.74) is 0.942. The summed E-state index contributed by atoms with van der Waals surface area (Å²) in [6.07, 6.45) is 0.0790. The van der Waals surface area contributed by atoms with Gasteiger partial charge in [-0.25, -0.2) is 8.42 Å². The van der Waals surface area contributed by atoms with Crippen LogP contribution in [0.25, 0.3) is 0 Å². The normalized spacial score (nSPS) is 12.3. The van der Waals surface area contributed by atoms with E-state index in [1.54, 1.807) is 31.2 Å². The first kappa shape index (κ1) is 26.6. The lowest BCUT2D eigenvalue weighted by Gasteiger charge is -2.20. The maximum atomic E-state index is 13.2. The lowest BCUT2D eigenvalue weighted by Crippen LogP contribution is -2.45. The number of nitrogens with one attached hydrogen (secondary N) is 2. The molecule has 34 heavy (non-hydrogen) atoms. The Bertz CT molecular complexity index is 1290. The first-order valence-electron chi connectivity index (χ1n) is 10.0. The van der Waals surface area contributed by atoms with Crippen LogP contribution >= 0.6 is 46.4 Å². The van der Waals surface area contributed by atoms with Gasteiger partial charge in [0.1, 0.15) is 11.8 Å². The molecular weight excluding hydrogens is 542 g/mol. The van der Waals surface area contributed by atoms with E-state index in [1.807, 2.05) is 6.07 Å². The zero-order chi connectivity index (χ0) is 24.9. The van der Waals surface area contributed by atoms with Gasteiger partial charge in [0.15, 0.2) is 0 Å². The van der Waals surface area contributed by atoms with Crippen LogP contribution < -0.4 is 14.8 Å². The Hall–Kier alpha value is -2.00. The van der Waals surface area contributed by atoms with E-state index in [9.17, 15) is 13.2 Å². The number of hydrogen-bond donors (Lipinski definition) is 2. The highest BCUT2D eigenvalue weighted by Crippen LogP contribution is 2.32. The Morgan fingerprint density at radius 3 is 2.24 bits per heavy atom. The van der Waals surface area contributed by atoms with Gasteiger partial charge in [0, 0.05) is 0 Å². The van der Waals surface area contributed by atoms with Crippen LogP contribution in [0.5, 0.6) is 5.75 Å². The van der Waals surface area contributed by atoms with Gasteiger partial charge < -0.3 is 10.1 Å². The number of anilines is 1. The summed E-state index contributed by atoms with van der Waals surface area (Å²) in [6.45, 7) is 2.16. The average molecular weight is 562 g/mol. The number of rotatable bonds is 9. The van der Waals surface area contributed by atoms with E-state index < -0.39 is 22.0 Å². The van der Waals surface area contributed by atoms with Gasteiger partial charge in [-0.2, -0.15) is 4.72 Å². The van der Waals surface area contributed by atoms with Crippen LogP contribution in [-0.2, 0) is 21.2 Å². The molecule has 6 nitrogen and oxygen atoms in total. The molecule has 180 valence electrons. The predicted molar refractivity (Wildman–Crippen MR) is 137 cm³/mol. The number of carbonyl (C=O) groups is 1. The van der Waals surface area contributed by atoms with Gasteiger partial charge in [-0.1, -0.05) is 76.7 Å². The first-order chi connectivity index (χ1) is 16.1. The van der Waals surface area contributed by atoms with Crippen LogP contribution in [0, 0.1) is 0 Å². The summed E-state index contributed by atoms with van der Waals surface area (Å²) in [6, 6.07) is 14.7. The number of halogens is 4. The second kappa shape index (κ2) is 11.6. The molecule has 1 atom stereocenters. The molecule has 0 bridgehead atoms. The molecule has 0 spiro atoms. The van der Waals surface area contributed by atoms with Crippen molar-refractivity contribution >= 4 is 68.0 Å². The third kappa shape index (κ3) is 6.78. The van der Waals surface area contributed by atoms with Gasteiger partial charge in [-0.05, 0) is 49.2 Å². The number of carbonyl (C=O) groups excluding carboxylic acids is 1. The summed E-state index contributed by atoms with van der Waals surface area (Å²) >= 11 is 24.3. The van der Waals surface area contributed by atoms with Gasteiger partial charge in [0.05, 0.1) is 37.3 Å². The van der Waals surface area contributed by atoms with E-state index >= 15 is 0 Å². The maximum Gasteiger partial charge on any atom is 0.242 e. The molecular formula is C23H20Cl4N2O4S. The quantitative estimate of drug-likeness (QED) is 0.303. The Morgan fingerprint density at radius 1 is 0.912 bits per heavy atom. The third-order valence-corrected chi connectivity index (χ3v) is 7.48. The minimum Gasteiger partial charge on any atom is -0.492 e. The highest BCUT2D eigenvalue weighted by molar-refractivity contribution is 7.89. The van der Waals surface area contributed by atoms with E-state index in [2.05, 4.69) is 10.0 Å². The monoisotopic (exact) mass is 560 g/mol. The van der Waals surface area contributed by atoms with Gasteiger partial charge in [-0.3, -0.25) is 4.79 Å². The molecule has 3 rings (SSSR count). The Morgan fingerprint density at radius 2 is 1.59 bits per heavy atom. The summed E-state index contributed by atoms with van der Waals surface area (Å²) in [5, 5.41) is 3.32. The fourth-order valence-corrected chi connectivity index (χ4v) is 5.17. The highest BCUT2D eigenvalue weighted by atomic mass is 35.5. The van der Waals surface area contributed by atoms with Crippen molar-refractivity contribution in [1.82, 2.24) is 4.72 Å². The van der Waals surface area contributed by atoms with Crippen molar-refractivity contribution in [3.8, 4) is 5.75 Å². The number of amides is 1. The first-order valence-corrected chi connectivity index (χ1v) is 13.0. The summed E-state index contributed by atoms with van der Waals surface area (Å²) in [5.74, 6) is -0.277. The summed E-state index contributed by atoms with van der Waals surface area (Å²) in [7, 11) is -4.13. The van der Waals surface area contributed by atoms with Crippen LogP contribution in [0.2, 0.25) is 20.1 Å². The van der Waals surface area contributed by atoms with Crippen molar-refractivity contribution in [1.29, 1.82) is 0 Å². The van der Waals surface area contributed by atoms with Crippen molar-refractivity contribution in [2.45, 2.75) is 24.3 Å². The molecule has 0 aromatic heterocycles. The van der Waals surface area contributed by atoms with E-state index in [4.69, 9.17) is 51.1 Å². The summed E-state index contributed by atoms with van der Waals surface area (Å²) in [4.78, 5) is 13.1. The molecule has 11 heteroatoms. The fraction of sp³-hybridized carbons (Fsp3) is 0.174. The molecule has 0 radical (unpaired) electrons. The second-order valence-electron chi connectivity index (χ2n) is 7.12. The topological polar surface area (TPSA) is 84.5 Å². The lowest BCUT2D eigenvalue weighted by atomic mass is 10.1. The molecule has 0 fully saturated rings. The maximum absolute atomic E-state index is 13.2. The largest absolute Gasteiger partial charge is 0.492 e. The zero-order valence-corrected chi connectivity index (χ0v) is 21.7. The van der Waals surface area contributed by atoms with Crippen LogP contribution in [0.1, 0.15) is 12.5 Å². The number of ether oxygens (including phenoxy) is 1. The average Bonchev–Trinajstić information content (AvgIpc) is 2.79. The van der Waals surface area contributed by atoms with Crippen LogP contribution in [0.15, 0.2) is 65.6 Å². The smallest absolute Gasteiger partial charge is 0.242 e. The molecule has 0 aliphatic heterocycles. The molecule has 3 aromatic rings. The van der Waals surface area contributed by atoms with Gasteiger partial charge in [0.2, 0.25) is 15.9 Å². The molecule has 0 saturated carbocycles.